The quantitative estimate of drug-likeness (QED) is 0.793. The summed E-state index contributed by atoms with van der Waals surface area (Å²) in [6, 6.07) is 7.44. The molecule has 0 atom stereocenters. The fourth-order valence-electron chi connectivity index (χ4n) is 1.38. The Hall–Kier alpha value is -2.41. The van der Waals surface area contributed by atoms with Crippen LogP contribution in [-0.2, 0) is 0 Å². The standard InChI is InChI=1S/C12H7FN2O/c13-12-2-1-8(3-9(12)5-14)10-4-11(16)7-15-6-10/h1-4,6-7,16H. The second-order valence-electron chi connectivity index (χ2n) is 3.24. The van der Waals surface area contributed by atoms with Gasteiger partial charge in [-0.2, -0.15) is 5.26 Å². The summed E-state index contributed by atoms with van der Waals surface area (Å²) in [6.45, 7) is 0. The van der Waals surface area contributed by atoms with Gasteiger partial charge in [0, 0.05) is 11.8 Å². The molecule has 4 heteroatoms. The molecule has 0 bridgehead atoms. The summed E-state index contributed by atoms with van der Waals surface area (Å²) < 4.78 is 13.1. The molecular weight excluding hydrogens is 207 g/mol. The van der Waals surface area contributed by atoms with Crippen molar-refractivity contribution in [2.24, 2.45) is 0 Å². The van der Waals surface area contributed by atoms with Gasteiger partial charge in [-0.25, -0.2) is 4.39 Å². The molecule has 0 aliphatic carbocycles. The fraction of sp³-hybridized carbons (Fsp3) is 0. The van der Waals surface area contributed by atoms with Crippen LogP contribution in [0.25, 0.3) is 11.1 Å². The number of rotatable bonds is 1. The van der Waals surface area contributed by atoms with Crippen LogP contribution in [0.4, 0.5) is 4.39 Å². The van der Waals surface area contributed by atoms with Crippen LogP contribution in [0, 0.1) is 17.1 Å². The van der Waals surface area contributed by atoms with Crippen molar-refractivity contribution in [1.82, 2.24) is 4.98 Å². The maximum atomic E-state index is 13.1. The van der Waals surface area contributed by atoms with Gasteiger partial charge < -0.3 is 5.11 Å². The highest BCUT2D eigenvalue weighted by molar-refractivity contribution is 5.65. The summed E-state index contributed by atoms with van der Waals surface area (Å²) in [6.07, 6.45) is 2.84. The minimum atomic E-state index is -0.556. The van der Waals surface area contributed by atoms with Crippen LogP contribution in [0.3, 0.4) is 0 Å². The second kappa shape index (κ2) is 3.99. The molecule has 0 saturated heterocycles. The molecule has 16 heavy (non-hydrogen) atoms. The van der Waals surface area contributed by atoms with Crippen LogP contribution in [0.2, 0.25) is 0 Å². The number of nitriles is 1. The SMILES string of the molecule is N#Cc1cc(-c2cncc(O)c2)ccc1F. The van der Waals surface area contributed by atoms with E-state index in [9.17, 15) is 9.50 Å². The Kier molecular flexibility index (Phi) is 2.52. The van der Waals surface area contributed by atoms with Crippen molar-refractivity contribution < 1.29 is 9.50 Å². The number of aromatic nitrogens is 1. The number of benzene rings is 1. The van der Waals surface area contributed by atoms with Crippen LogP contribution < -0.4 is 0 Å². The minimum absolute atomic E-state index is 0.0270. The van der Waals surface area contributed by atoms with Gasteiger partial charge in [0.15, 0.2) is 0 Å². The Labute approximate surface area is 91.4 Å². The summed E-state index contributed by atoms with van der Waals surface area (Å²) in [5.41, 5.74) is 1.25. The fourth-order valence-corrected chi connectivity index (χ4v) is 1.38. The van der Waals surface area contributed by atoms with Gasteiger partial charge in [0.1, 0.15) is 17.6 Å². The van der Waals surface area contributed by atoms with E-state index in [4.69, 9.17) is 5.26 Å². The molecule has 0 aliphatic heterocycles. The maximum absolute atomic E-state index is 13.1. The lowest BCUT2D eigenvalue weighted by molar-refractivity contribution is 0.473. The third kappa shape index (κ3) is 1.84. The van der Waals surface area contributed by atoms with E-state index >= 15 is 0 Å². The van der Waals surface area contributed by atoms with Crippen molar-refractivity contribution >= 4 is 0 Å². The van der Waals surface area contributed by atoms with Crippen molar-refractivity contribution in [2.75, 3.05) is 0 Å². The zero-order valence-electron chi connectivity index (χ0n) is 8.18. The topological polar surface area (TPSA) is 56.9 Å². The van der Waals surface area contributed by atoms with Gasteiger partial charge in [-0.3, -0.25) is 4.98 Å². The van der Waals surface area contributed by atoms with Crippen LogP contribution in [0.1, 0.15) is 5.56 Å². The molecule has 3 nitrogen and oxygen atoms in total. The number of nitrogens with zero attached hydrogens (tertiary/aromatic N) is 2. The average molecular weight is 214 g/mol. The molecule has 78 valence electrons. The molecule has 2 aromatic rings. The largest absolute Gasteiger partial charge is 0.506 e. The van der Waals surface area contributed by atoms with Crippen molar-refractivity contribution in [2.45, 2.75) is 0 Å². The minimum Gasteiger partial charge on any atom is -0.506 e. The van der Waals surface area contributed by atoms with Gasteiger partial charge in [-0.05, 0) is 23.8 Å². The zero-order valence-corrected chi connectivity index (χ0v) is 8.18. The van der Waals surface area contributed by atoms with Gasteiger partial charge in [-0.15, -0.1) is 0 Å². The molecule has 1 N–H and O–H groups in total. The first-order valence-electron chi connectivity index (χ1n) is 4.55. The predicted molar refractivity (Wildman–Crippen MR) is 56.0 cm³/mol. The summed E-state index contributed by atoms with van der Waals surface area (Å²) in [5, 5.41) is 17.9. The van der Waals surface area contributed by atoms with Crippen LogP contribution in [0.5, 0.6) is 5.75 Å². The Morgan fingerprint density at radius 1 is 1.19 bits per heavy atom. The summed E-state index contributed by atoms with van der Waals surface area (Å²) in [7, 11) is 0. The molecule has 1 aromatic carbocycles. The van der Waals surface area contributed by atoms with E-state index in [2.05, 4.69) is 4.98 Å². The Bertz CT molecular complexity index is 575. The van der Waals surface area contributed by atoms with Crippen LogP contribution in [0.15, 0.2) is 36.7 Å². The third-order valence-electron chi connectivity index (χ3n) is 2.14. The number of halogens is 1. The highest BCUT2D eigenvalue weighted by atomic mass is 19.1. The van der Waals surface area contributed by atoms with E-state index in [0.717, 1.165) is 0 Å². The van der Waals surface area contributed by atoms with Crippen molar-refractivity contribution in [3.63, 3.8) is 0 Å². The second-order valence-corrected chi connectivity index (χ2v) is 3.24. The lowest BCUT2D eigenvalue weighted by Crippen LogP contribution is -1.86. The van der Waals surface area contributed by atoms with E-state index in [1.54, 1.807) is 6.07 Å². The van der Waals surface area contributed by atoms with Crippen LogP contribution >= 0.6 is 0 Å². The Morgan fingerprint density at radius 3 is 2.69 bits per heavy atom. The number of hydrogen-bond donors (Lipinski definition) is 1. The first-order chi connectivity index (χ1) is 7.70. The number of hydrogen-bond acceptors (Lipinski definition) is 3. The predicted octanol–water partition coefficient (Wildman–Crippen LogP) is 2.46. The molecule has 1 aromatic heterocycles. The van der Waals surface area contributed by atoms with E-state index in [0.29, 0.717) is 11.1 Å². The van der Waals surface area contributed by atoms with Crippen molar-refractivity contribution in [1.29, 1.82) is 5.26 Å². The molecule has 0 fully saturated rings. The van der Waals surface area contributed by atoms with Gasteiger partial charge in [0.25, 0.3) is 0 Å². The number of pyridine rings is 1. The molecular formula is C12H7FN2O. The Balaban J connectivity index is 2.54. The van der Waals surface area contributed by atoms with Crippen molar-refractivity contribution in [3.05, 3.63) is 48.0 Å². The van der Waals surface area contributed by atoms with Crippen LogP contribution in [-0.4, -0.2) is 10.1 Å². The molecule has 1 heterocycles. The Morgan fingerprint density at radius 2 is 2.00 bits per heavy atom. The molecule has 0 unspecified atom stereocenters. The smallest absolute Gasteiger partial charge is 0.140 e. The zero-order chi connectivity index (χ0) is 11.5. The van der Waals surface area contributed by atoms with E-state index in [-0.39, 0.29) is 11.3 Å². The van der Waals surface area contributed by atoms with Crippen molar-refractivity contribution in [3.8, 4) is 22.9 Å². The molecule has 2 rings (SSSR count). The third-order valence-corrected chi connectivity index (χ3v) is 2.14. The first-order valence-corrected chi connectivity index (χ1v) is 4.55. The lowest BCUT2D eigenvalue weighted by atomic mass is 10.0. The van der Waals surface area contributed by atoms with Gasteiger partial charge in [0.2, 0.25) is 0 Å². The van der Waals surface area contributed by atoms with E-state index < -0.39 is 5.82 Å². The highest BCUT2D eigenvalue weighted by Gasteiger charge is 2.05. The maximum Gasteiger partial charge on any atom is 0.140 e. The molecule has 0 radical (unpaired) electrons. The number of aromatic hydroxyl groups is 1. The molecule has 0 aliphatic rings. The molecule has 0 amide bonds. The average Bonchev–Trinajstić information content (AvgIpc) is 2.29. The summed E-state index contributed by atoms with van der Waals surface area (Å²) >= 11 is 0. The molecule has 0 spiro atoms. The lowest BCUT2D eigenvalue weighted by Gasteiger charge is -2.02. The molecule has 0 saturated carbocycles. The normalized spacial score (nSPS) is 9.75. The van der Waals surface area contributed by atoms with Gasteiger partial charge >= 0.3 is 0 Å². The van der Waals surface area contributed by atoms with E-state index in [1.807, 2.05) is 0 Å². The summed E-state index contributed by atoms with van der Waals surface area (Å²) in [4.78, 5) is 3.81. The monoisotopic (exact) mass is 214 g/mol. The van der Waals surface area contributed by atoms with E-state index in [1.165, 1.54) is 36.7 Å². The van der Waals surface area contributed by atoms with Gasteiger partial charge in [-0.1, -0.05) is 6.07 Å². The summed E-state index contributed by atoms with van der Waals surface area (Å²) in [5.74, 6) is -0.528. The highest BCUT2D eigenvalue weighted by Crippen LogP contribution is 2.23. The van der Waals surface area contributed by atoms with Gasteiger partial charge in [0.05, 0.1) is 11.8 Å². The first kappa shape index (κ1) is 10.1.